The van der Waals surface area contributed by atoms with Crippen molar-refractivity contribution in [2.24, 2.45) is 5.92 Å². The Hall–Kier alpha value is -0.580. The normalized spacial score (nSPS) is 20.5. The SMILES string of the molecule is COc1ccc(Br)cc1CN1CCCNC(CC(C)C)C1. The van der Waals surface area contributed by atoms with Crippen LogP contribution in [-0.4, -0.2) is 37.7 Å². The monoisotopic (exact) mass is 354 g/mol. The Morgan fingerprint density at radius 1 is 1.43 bits per heavy atom. The van der Waals surface area contributed by atoms with E-state index in [4.69, 9.17) is 4.74 Å². The molecule has 0 spiro atoms. The highest BCUT2D eigenvalue weighted by atomic mass is 79.9. The summed E-state index contributed by atoms with van der Waals surface area (Å²) in [5, 5.41) is 3.69. The maximum atomic E-state index is 5.50. The van der Waals surface area contributed by atoms with Gasteiger partial charge in [0.05, 0.1) is 7.11 Å². The van der Waals surface area contributed by atoms with E-state index in [-0.39, 0.29) is 0 Å². The van der Waals surface area contributed by atoms with Gasteiger partial charge < -0.3 is 10.1 Å². The Morgan fingerprint density at radius 3 is 2.95 bits per heavy atom. The second-order valence-electron chi connectivity index (χ2n) is 6.33. The number of halogens is 1. The van der Waals surface area contributed by atoms with Crippen LogP contribution in [0.1, 0.15) is 32.3 Å². The lowest BCUT2D eigenvalue weighted by atomic mass is 10.0. The van der Waals surface area contributed by atoms with E-state index in [9.17, 15) is 0 Å². The first kappa shape index (κ1) is 16.8. The minimum Gasteiger partial charge on any atom is -0.496 e. The molecule has 1 heterocycles. The van der Waals surface area contributed by atoms with Gasteiger partial charge in [-0.25, -0.2) is 0 Å². The van der Waals surface area contributed by atoms with Crippen LogP contribution in [0, 0.1) is 5.92 Å². The molecule has 118 valence electrons. The topological polar surface area (TPSA) is 24.5 Å². The second kappa shape index (κ2) is 8.16. The van der Waals surface area contributed by atoms with Crippen LogP contribution in [0.2, 0.25) is 0 Å². The van der Waals surface area contributed by atoms with Gasteiger partial charge in [-0.1, -0.05) is 29.8 Å². The van der Waals surface area contributed by atoms with Gasteiger partial charge in [-0.15, -0.1) is 0 Å². The standard InChI is InChI=1S/C17H27BrN2O/c1-13(2)9-16-12-20(8-4-7-19-16)11-14-10-15(18)5-6-17(14)21-3/h5-6,10,13,16,19H,4,7-9,11-12H2,1-3H3. The summed E-state index contributed by atoms with van der Waals surface area (Å²) >= 11 is 3.56. The molecule has 1 N–H and O–H groups in total. The Balaban J connectivity index is 2.05. The molecular formula is C17H27BrN2O. The number of hydrogen-bond donors (Lipinski definition) is 1. The lowest BCUT2D eigenvalue weighted by Gasteiger charge is -2.26. The summed E-state index contributed by atoms with van der Waals surface area (Å²) in [6.07, 6.45) is 2.46. The van der Waals surface area contributed by atoms with Crippen molar-refractivity contribution < 1.29 is 4.74 Å². The molecule has 21 heavy (non-hydrogen) atoms. The molecule has 4 heteroatoms. The number of nitrogens with one attached hydrogen (secondary N) is 1. The van der Waals surface area contributed by atoms with Crippen molar-refractivity contribution in [3.63, 3.8) is 0 Å². The van der Waals surface area contributed by atoms with Crippen LogP contribution < -0.4 is 10.1 Å². The lowest BCUT2D eigenvalue weighted by molar-refractivity contribution is 0.244. The van der Waals surface area contributed by atoms with Gasteiger partial charge in [-0.3, -0.25) is 4.90 Å². The summed E-state index contributed by atoms with van der Waals surface area (Å²) in [5.41, 5.74) is 1.26. The number of benzene rings is 1. The molecule has 0 aromatic heterocycles. The van der Waals surface area contributed by atoms with Gasteiger partial charge in [0, 0.05) is 29.2 Å². The third-order valence-electron chi connectivity index (χ3n) is 3.96. The molecule has 3 nitrogen and oxygen atoms in total. The van der Waals surface area contributed by atoms with E-state index in [1.54, 1.807) is 7.11 Å². The molecule has 1 atom stereocenters. The van der Waals surface area contributed by atoms with Crippen LogP contribution >= 0.6 is 15.9 Å². The van der Waals surface area contributed by atoms with Gasteiger partial charge in [-0.2, -0.15) is 0 Å². The molecule has 1 aliphatic rings. The molecule has 0 bridgehead atoms. The quantitative estimate of drug-likeness (QED) is 0.872. The predicted molar refractivity (Wildman–Crippen MR) is 91.8 cm³/mol. The van der Waals surface area contributed by atoms with Gasteiger partial charge in [-0.05, 0) is 50.0 Å². The van der Waals surface area contributed by atoms with Gasteiger partial charge in [0.25, 0.3) is 0 Å². The Bertz CT molecular complexity index is 450. The van der Waals surface area contributed by atoms with E-state index in [0.29, 0.717) is 6.04 Å². The molecule has 0 saturated carbocycles. The third kappa shape index (κ3) is 5.28. The molecule has 0 amide bonds. The molecule has 0 aliphatic carbocycles. The lowest BCUT2D eigenvalue weighted by Crippen LogP contribution is -2.38. The van der Waals surface area contributed by atoms with E-state index in [2.05, 4.69) is 46.1 Å². The third-order valence-corrected chi connectivity index (χ3v) is 4.45. The van der Waals surface area contributed by atoms with Crippen LogP contribution in [0.15, 0.2) is 22.7 Å². The van der Waals surface area contributed by atoms with Crippen LogP contribution in [0.4, 0.5) is 0 Å². The maximum Gasteiger partial charge on any atom is 0.123 e. The van der Waals surface area contributed by atoms with Crippen LogP contribution in [-0.2, 0) is 6.54 Å². The minimum atomic E-state index is 0.602. The van der Waals surface area contributed by atoms with Crippen molar-refractivity contribution >= 4 is 15.9 Å². The summed E-state index contributed by atoms with van der Waals surface area (Å²) in [5.74, 6) is 1.72. The molecule has 2 rings (SSSR count). The Kier molecular flexibility index (Phi) is 6.52. The number of methoxy groups -OCH3 is 1. The summed E-state index contributed by atoms with van der Waals surface area (Å²) in [7, 11) is 1.75. The van der Waals surface area contributed by atoms with Crippen molar-refractivity contribution in [2.75, 3.05) is 26.7 Å². The second-order valence-corrected chi connectivity index (χ2v) is 7.24. The molecule has 1 aliphatic heterocycles. The fourth-order valence-corrected chi connectivity index (χ4v) is 3.47. The maximum absolute atomic E-state index is 5.50. The highest BCUT2D eigenvalue weighted by molar-refractivity contribution is 9.10. The van der Waals surface area contributed by atoms with Crippen molar-refractivity contribution in [3.8, 4) is 5.75 Å². The summed E-state index contributed by atoms with van der Waals surface area (Å²) in [4.78, 5) is 2.55. The van der Waals surface area contributed by atoms with E-state index < -0.39 is 0 Å². The predicted octanol–water partition coefficient (Wildman–Crippen LogP) is 3.67. The largest absolute Gasteiger partial charge is 0.496 e. The smallest absolute Gasteiger partial charge is 0.123 e. The zero-order chi connectivity index (χ0) is 15.2. The van der Waals surface area contributed by atoms with Crippen molar-refractivity contribution in [1.82, 2.24) is 10.2 Å². The molecule has 0 radical (unpaired) electrons. The van der Waals surface area contributed by atoms with Crippen LogP contribution in [0.25, 0.3) is 0 Å². The molecular weight excluding hydrogens is 328 g/mol. The van der Waals surface area contributed by atoms with E-state index >= 15 is 0 Å². The van der Waals surface area contributed by atoms with Crippen molar-refractivity contribution in [2.45, 2.75) is 39.3 Å². The van der Waals surface area contributed by atoms with Crippen LogP contribution in [0.3, 0.4) is 0 Å². The minimum absolute atomic E-state index is 0.602. The fourth-order valence-electron chi connectivity index (χ4n) is 3.06. The number of hydrogen-bond acceptors (Lipinski definition) is 3. The molecule has 1 unspecified atom stereocenters. The number of rotatable bonds is 5. The van der Waals surface area contributed by atoms with E-state index in [0.717, 1.165) is 42.3 Å². The van der Waals surface area contributed by atoms with E-state index in [1.165, 1.54) is 18.4 Å². The molecule has 1 aromatic carbocycles. The highest BCUT2D eigenvalue weighted by Crippen LogP contribution is 2.25. The van der Waals surface area contributed by atoms with Crippen LogP contribution in [0.5, 0.6) is 5.75 Å². The van der Waals surface area contributed by atoms with E-state index in [1.807, 2.05) is 12.1 Å². The first-order chi connectivity index (χ1) is 10.1. The summed E-state index contributed by atoms with van der Waals surface area (Å²) in [6, 6.07) is 6.86. The first-order valence-corrected chi connectivity index (χ1v) is 8.66. The first-order valence-electron chi connectivity index (χ1n) is 7.86. The molecule has 1 aromatic rings. The molecule has 1 saturated heterocycles. The number of ether oxygens (including phenoxy) is 1. The average molecular weight is 355 g/mol. The summed E-state index contributed by atoms with van der Waals surface area (Å²) < 4.78 is 6.62. The Labute approximate surface area is 137 Å². The van der Waals surface area contributed by atoms with Gasteiger partial charge >= 0.3 is 0 Å². The van der Waals surface area contributed by atoms with Crippen molar-refractivity contribution in [3.05, 3.63) is 28.2 Å². The van der Waals surface area contributed by atoms with Crippen molar-refractivity contribution in [1.29, 1.82) is 0 Å². The summed E-state index contributed by atoms with van der Waals surface area (Å²) in [6.45, 7) is 8.95. The Morgan fingerprint density at radius 2 is 2.24 bits per heavy atom. The van der Waals surface area contributed by atoms with Gasteiger partial charge in [0.1, 0.15) is 5.75 Å². The number of nitrogens with zero attached hydrogens (tertiary/aromatic N) is 1. The van der Waals surface area contributed by atoms with Gasteiger partial charge in [0.2, 0.25) is 0 Å². The van der Waals surface area contributed by atoms with Gasteiger partial charge in [0.15, 0.2) is 0 Å². The zero-order valence-electron chi connectivity index (χ0n) is 13.4. The fraction of sp³-hybridized carbons (Fsp3) is 0.647. The zero-order valence-corrected chi connectivity index (χ0v) is 14.9. The molecule has 1 fully saturated rings. The average Bonchev–Trinajstić information content (AvgIpc) is 2.63. The highest BCUT2D eigenvalue weighted by Gasteiger charge is 2.19.